The van der Waals surface area contributed by atoms with E-state index in [0.717, 1.165) is 22.6 Å². The fourth-order valence-corrected chi connectivity index (χ4v) is 3.81. The number of rotatable bonds is 1. The lowest BCUT2D eigenvalue weighted by atomic mass is 9.95. The van der Waals surface area contributed by atoms with Crippen molar-refractivity contribution in [3.63, 3.8) is 0 Å². The van der Waals surface area contributed by atoms with Gasteiger partial charge in [-0.05, 0) is 40.3 Å². The standard InChI is InChI=1S/C20H13IO/c21-20-16-11-5-7-13-18(16)22-17-12-6-4-10-15(17)19(20)14-8-2-1-3-9-14/h1-13H. The largest absolute Gasteiger partial charge is 0.456 e. The van der Waals surface area contributed by atoms with Crippen molar-refractivity contribution < 1.29 is 4.74 Å². The van der Waals surface area contributed by atoms with E-state index < -0.39 is 0 Å². The molecule has 106 valence electrons. The first-order chi connectivity index (χ1) is 10.8. The SMILES string of the molecule is IC1=C(c2ccccc2)c2ccccc2Oc2ccccc21. The fraction of sp³-hybridized carbons (Fsp3) is 0. The molecule has 2 heteroatoms. The van der Waals surface area contributed by atoms with E-state index in [1.54, 1.807) is 0 Å². The molecule has 1 aliphatic rings. The highest BCUT2D eigenvalue weighted by atomic mass is 127. The summed E-state index contributed by atoms with van der Waals surface area (Å²) in [5.41, 5.74) is 4.70. The molecule has 0 N–H and O–H groups in total. The minimum absolute atomic E-state index is 0.903. The lowest BCUT2D eigenvalue weighted by molar-refractivity contribution is 0.481. The minimum atomic E-state index is 0.903. The van der Waals surface area contributed by atoms with Gasteiger partial charge < -0.3 is 4.74 Å². The number of halogens is 1. The highest BCUT2D eigenvalue weighted by molar-refractivity contribution is 14.1. The van der Waals surface area contributed by atoms with Gasteiger partial charge >= 0.3 is 0 Å². The van der Waals surface area contributed by atoms with Crippen molar-refractivity contribution in [3.8, 4) is 11.5 Å². The van der Waals surface area contributed by atoms with Crippen LogP contribution in [-0.4, -0.2) is 0 Å². The van der Waals surface area contributed by atoms with Crippen LogP contribution in [-0.2, 0) is 0 Å². The van der Waals surface area contributed by atoms with E-state index >= 15 is 0 Å². The maximum Gasteiger partial charge on any atom is 0.135 e. The zero-order valence-corrected chi connectivity index (χ0v) is 13.9. The van der Waals surface area contributed by atoms with Crippen molar-refractivity contribution in [2.45, 2.75) is 0 Å². The third kappa shape index (κ3) is 2.24. The Morgan fingerprint density at radius 2 is 1.14 bits per heavy atom. The number of hydrogen-bond acceptors (Lipinski definition) is 1. The molecule has 0 saturated carbocycles. The summed E-state index contributed by atoms with van der Waals surface area (Å²) < 4.78 is 7.39. The van der Waals surface area contributed by atoms with E-state index in [2.05, 4.69) is 71.1 Å². The molecule has 1 nitrogen and oxygen atoms in total. The molecule has 0 radical (unpaired) electrons. The summed E-state index contributed by atoms with van der Waals surface area (Å²) in [6.07, 6.45) is 0. The van der Waals surface area contributed by atoms with Crippen LogP contribution in [0.25, 0.3) is 9.15 Å². The molecule has 0 unspecified atom stereocenters. The molecule has 0 aromatic heterocycles. The summed E-state index contributed by atoms with van der Waals surface area (Å²) in [5, 5.41) is 0. The number of benzene rings is 3. The Balaban J connectivity index is 2.08. The lowest BCUT2D eigenvalue weighted by Gasteiger charge is -2.11. The Morgan fingerprint density at radius 1 is 0.591 bits per heavy atom. The van der Waals surface area contributed by atoms with Crippen molar-refractivity contribution in [2.24, 2.45) is 0 Å². The molecule has 0 saturated heterocycles. The smallest absolute Gasteiger partial charge is 0.135 e. The number of ether oxygens (including phenoxy) is 1. The molecule has 0 fully saturated rings. The van der Waals surface area contributed by atoms with Gasteiger partial charge in [-0.15, -0.1) is 0 Å². The van der Waals surface area contributed by atoms with E-state index in [1.165, 1.54) is 14.7 Å². The Morgan fingerprint density at radius 3 is 1.86 bits per heavy atom. The highest BCUT2D eigenvalue weighted by Crippen LogP contribution is 2.47. The van der Waals surface area contributed by atoms with Gasteiger partial charge in [-0.25, -0.2) is 0 Å². The quantitative estimate of drug-likeness (QED) is 0.449. The van der Waals surface area contributed by atoms with Gasteiger partial charge in [0.05, 0.1) is 0 Å². The summed E-state index contributed by atoms with van der Waals surface area (Å²) in [4.78, 5) is 0. The zero-order valence-electron chi connectivity index (χ0n) is 11.8. The summed E-state index contributed by atoms with van der Waals surface area (Å²) in [5.74, 6) is 1.81. The average molecular weight is 396 g/mol. The minimum Gasteiger partial charge on any atom is -0.456 e. The van der Waals surface area contributed by atoms with Crippen LogP contribution in [0.15, 0.2) is 78.9 Å². The van der Waals surface area contributed by atoms with Crippen LogP contribution in [0.3, 0.4) is 0 Å². The second-order valence-electron chi connectivity index (χ2n) is 5.15. The summed E-state index contributed by atoms with van der Waals surface area (Å²) in [6, 6.07) is 26.9. The summed E-state index contributed by atoms with van der Waals surface area (Å²) in [6.45, 7) is 0. The molecule has 0 bridgehead atoms. The predicted octanol–water partition coefficient (Wildman–Crippen LogP) is 6.14. The first-order valence-corrected chi connectivity index (χ1v) is 8.24. The average Bonchev–Trinajstić information content (AvgIpc) is 2.70. The normalized spacial score (nSPS) is 13.0. The van der Waals surface area contributed by atoms with Crippen LogP contribution in [0.5, 0.6) is 11.5 Å². The molecule has 1 heterocycles. The van der Waals surface area contributed by atoms with Crippen LogP contribution >= 0.6 is 22.6 Å². The molecule has 3 aromatic carbocycles. The van der Waals surface area contributed by atoms with E-state index in [1.807, 2.05) is 30.3 Å². The maximum absolute atomic E-state index is 6.18. The van der Waals surface area contributed by atoms with Crippen molar-refractivity contribution in [3.05, 3.63) is 95.6 Å². The molecule has 0 aliphatic carbocycles. The summed E-state index contributed by atoms with van der Waals surface area (Å²) in [7, 11) is 0. The summed E-state index contributed by atoms with van der Waals surface area (Å²) >= 11 is 2.44. The molecule has 1 aliphatic heterocycles. The number of para-hydroxylation sites is 2. The molecule has 0 spiro atoms. The van der Waals surface area contributed by atoms with Crippen LogP contribution in [0.1, 0.15) is 16.7 Å². The Hall–Kier alpha value is -2.07. The third-order valence-corrected chi connectivity index (χ3v) is 4.90. The fourth-order valence-electron chi connectivity index (χ4n) is 2.76. The molecule has 3 aromatic rings. The lowest BCUT2D eigenvalue weighted by Crippen LogP contribution is -1.90. The van der Waals surface area contributed by atoms with Crippen LogP contribution in [0, 0.1) is 0 Å². The molecule has 0 amide bonds. The molecule has 4 rings (SSSR count). The molecule has 22 heavy (non-hydrogen) atoms. The molecular weight excluding hydrogens is 383 g/mol. The van der Waals surface area contributed by atoms with Gasteiger partial charge in [0.2, 0.25) is 0 Å². The van der Waals surface area contributed by atoms with Crippen molar-refractivity contribution in [1.82, 2.24) is 0 Å². The second-order valence-corrected chi connectivity index (χ2v) is 6.23. The van der Waals surface area contributed by atoms with Gasteiger partial charge in [0, 0.05) is 20.3 Å². The van der Waals surface area contributed by atoms with Gasteiger partial charge in [-0.1, -0.05) is 66.7 Å². The first-order valence-electron chi connectivity index (χ1n) is 7.16. The predicted molar refractivity (Wildman–Crippen MR) is 99.3 cm³/mol. The molecular formula is C20H13IO. The van der Waals surface area contributed by atoms with E-state index in [4.69, 9.17) is 4.74 Å². The van der Waals surface area contributed by atoms with Crippen LogP contribution in [0.2, 0.25) is 0 Å². The van der Waals surface area contributed by atoms with E-state index in [-0.39, 0.29) is 0 Å². The van der Waals surface area contributed by atoms with Gasteiger partial charge in [0.1, 0.15) is 11.5 Å². The van der Waals surface area contributed by atoms with Gasteiger partial charge in [0.15, 0.2) is 0 Å². The van der Waals surface area contributed by atoms with Crippen molar-refractivity contribution in [1.29, 1.82) is 0 Å². The highest BCUT2D eigenvalue weighted by Gasteiger charge is 2.22. The van der Waals surface area contributed by atoms with Crippen molar-refractivity contribution >= 4 is 31.7 Å². The van der Waals surface area contributed by atoms with Gasteiger partial charge in [0.25, 0.3) is 0 Å². The second kappa shape index (κ2) is 5.61. The van der Waals surface area contributed by atoms with E-state index in [9.17, 15) is 0 Å². The maximum atomic E-state index is 6.18. The molecule has 0 atom stereocenters. The van der Waals surface area contributed by atoms with Crippen molar-refractivity contribution in [2.75, 3.05) is 0 Å². The van der Waals surface area contributed by atoms with Gasteiger partial charge in [-0.2, -0.15) is 0 Å². The third-order valence-electron chi connectivity index (χ3n) is 3.78. The Kier molecular flexibility index (Phi) is 3.47. The van der Waals surface area contributed by atoms with E-state index in [0.29, 0.717) is 0 Å². The zero-order chi connectivity index (χ0) is 14.9. The Labute approximate surface area is 143 Å². The topological polar surface area (TPSA) is 9.23 Å². The number of fused-ring (bicyclic) bond motifs is 2. The monoisotopic (exact) mass is 396 g/mol. The van der Waals surface area contributed by atoms with Gasteiger partial charge in [-0.3, -0.25) is 0 Å². The number of hydrogen-bond donors (Lipinski definition) is 0. The Bertz CT molecular complexity index is 866. The first kappa shape index (κ1) is 13.6. The van der Waals surface area contributed by atoms with Crippen LogP contribution < -0.4 is 4.74 Å². The van der Waals surface area contributed by atoms with Crippen LogP contribution in [0.4, 0.5) is 0 Å².